The summed E-state index contributed by atoms with van der Waals surface area (Å²) in [5, 5.41) is 13.5. The van der Waals surface area contributed by atoms with Crippen LogP contribution < -0.4 is 4.74 Å². The van der Waals surface area contributed by atoms with Crippen LogP contribution in [-0.4, -0.2) is 16.4 Å². The predicted octanol–water partition coefficient (Wildman–Crippen LogP) is 3.40. The molecule has 1 aromatic carbocycles. The average molecular weight is 255 g/mol. The maximum absolute atomic E-state index is 9.19. The van der Waals surface area contributed by atoms with E-state index in [1.54, 1.807) is 6.20 Å². The molecule has 0 unspecified atom stereocenters. The van der Waals surface area contributed by atoms with E-state index < -0.39 is 0 Å². The van der Waals surface area contributed by atoms with Crippen molar-refractivity contribution >= 4 is 0 Å². The van der Waals surface area contributed by atoms with E-state index in [2.05, 4.69) is 25.0 Å². The number of hydrogen-bond donors (Lipinski definition) is 0. The number of hydrogen-bond acceptors (Lipinski definition) is 3. The number of nitriles is 1. The fraction of sp³-hybridized carbons (Fsp3) is 0.333. The summed E-state index contributed by atoms with van der Waals surface area (Å²) in [7, 11) is 0. The summed E-state index contributed by atoms with van der Waals surface area (Å²) < 4.78 is 7.37. The molecule has 0 atom stereocenters. The molecule has 0 aliphatic rings. The quantitative estimate of drug-likeness (QED) is 0.841. The minimum absolute atomic E-state index is 0.280. The molecule has 0 amide bonds. The van der Waals surface area contributed by atoms with Gasteiger partial charge in [0.2, 0.25) is 0 Å². The molecule has 0 spiro atoms. The Kier molecular flexibility index (Phi) is 3.86. The third-order valence-electron chi connectivity index (χ3n) is 2.86. The highest BCUT2D eigenvalue weighted by molar-refractivity contribution is 5.64. The second-order valence-corrected chi connectivity index (χ2v) is 4.51. The fourth-order valence-corrected chi connectivity index (χ4v) is 2.01. The van der Waals surface area contributed by atoms with Crippen molar-refractivity contribution in [2.24, 2.45) is 0 Å². The first kappa shape index (κ1) is 13.2. The minimum atomic E-state index is 0.280. The lowest BCUT2D eigenvalue weighted by molar-refractivity contribution is 0.339. The molecule has 19 heavy (non-hydrogen) atoms. The van der Waals surface area contributed by atoms with Gasteiger partial charge in [-0.1, -0.05) is 0 Å². The van der Waals surface area contributed by atoms with Gasteiger partial charge in [0.1, 0.15) is 11.8 Å². The Morgan fingerprint density at radius 2 is 2.16 bits per heavy atom. The standard InChI is InChI=1S/C15H17N3O/c1-4-19-15-6-5-12(9-13(15)10-16)14-7-8-17-18(14)11(2)3/h5-9,11H,4H2,1-3H3. The SMILES string of the molecule is CCOc1ccc(-c2ccnn2C(C)C)cc1C#N. The zero-order valence-electron chi connectivity index (χ0n) is 11.4. The molecule has 2 rings (SSSR count). The summed E-state index contributed by atoms with van der Waals surface area (Å²) in [6.07, 6.45) is 1.78. The van der Waals surface area contributed by atoms with Crippen molar-refractivity contribution in [2.75, 3.05) is 6.61 Å². The van der Waals surface area contributed by atoms with Crippen molar-refractivity contribution in [3.63, 3.8) is 0 Å². The van der Waals surface area contributed by atoms with Gasteiger partial charge in [0, 0.05) is 17.8 Å². The summed E-state index contributed by atoms with van der Waals surface area (Å²) in [6, 6.07) is 10.1. The normalized spacial score (nSPS) is 10.5. The molecule has 4 nitrogen and oxygen atoms in total. The number of nitrogens with zero attached hydrogens (tertiary/aromatic N) is 3. The molecule has 0 fully saturated rings. The van der Waals surface area contributed by atoms with Crippen molar-refractivity contribution in [2.45, 2.75) is 26.8 Å². The highest BCUT2D eigenvalue weighted by atomic mass is 16.5. The van der Waals surface area contributed by atoms with Crippen LogP contribution in [0.2, 0.25) is 0 Å². The van der Waals surface area contributed by atoms with Crippen LogP contribution in [0.25, 0.3) is 11.3 Å². The molecule has 0 radical (unpaired) electrons. The lowest BCUT2D eigenvalue weighted by atomic mass is 10.1. The van der Waals surface area contributed by atoms with Crippen LogP contribution >= 0.6 is 0 Å². The number of aromatic nitrogens is 2. The van der Waals surface area contributed by atoms with Gasteiger partial charge in [-0.15, -0.1) is 0 Å². The van der Waals surface area contributed by atoms with Crippen LogP contribution in [-0.2, 0) is 0 Å². The Hall–Kier alpha value is -2.28. The van der Waals surface area contributed by atoms with Crippen LogP contribution in [0.4, 0.5) is 0 Å². The first-order valence-electron chi connectivity index (χ1n) is 6.38. The van der Waals surface area contributed by atoms with E-state index in [1.807, 2.05) is 35.9 Å². The molecule has 2 aromatic rings. The van der Waals surface area contributed by atoms with E-state index in [0.717, 1.165) is 11.3 Å². The zero-order valence-corrected chi connectivity index (χ0v) is 11.4. The first-order chi connectivity index (χ1) is 9.17. The highest BCUT2D eigenvalue weighted by Crippen LogP contribution is 2.27. The zero-order chi connectivity index (χ0) is 13.8. The number of benzene rings is 1. The topological polar surface area (TPSA) is 50.8 Å². The lowest BCUT2D eigenvalue weighted by Crippen LogP contribution is -2.04. The summed E-state index contributed by atoms with van der Waals surface area (Å²) in [5.74, 6) is 0.629. The fourth-order valence-electron chi connectivity index (χ4n) is 2.01. The largest absolute Gasteiger partial charge is 0.492 e. The average Bonchev–Trinajstić information content (AvgIpc) is 2.89. The maximum atomic E-state index is 9.19. The van der Waals surface area contributed by atoms with Gasteiger partial charge in [0.05, 0.1) is 17.9 Å². The molecular weight excluding hydrogens is 238 g/mol. The number of ether oxygens (including phenoxy) is 1. The second kappa shape index (κ2) is 5.57. The Morgan fingerprint density at radius 1 is 1.37 bits per heavy atom. The smallest absolute Gasteiger partial charge is 0.137 e. The molecule has 0 saturated heterocycles. The van der Waals surface area contributed by atoms with Crippen molar-refractivity contribution in [3.8, 4) is 23.1 Å². The molecule has 0 N–H and O–H groups in total. The summed E-state index contributed by atoms with van der Waals surface area (Å²) in [6.45, 7) is 6.62. The van der Waals surface area contributed by atoms with Gasteiger partial charge in [-0.2, -0.15) is 10.4 Å². The Labute approximate surface area is 113 Å². The van der Waals surface area contributed by atoms with E-state index in [9.17, 15) is 5.26 Å². The van der Waals surface area contributed by atoms with E-state index in [4.69, 9.17) is 4.74 Å². The second-order valence-electron chi connectivity index (χ2n) is 4.51. The molecule has 0 aliphatic carbocycles. The maximum Gasteiger partial charge on any atom is 0.137 e. The van der Waals surface area contributed by atoms with Crippen molar-refractivity contribution < 1.29 is 4.74 Å². The third-order valence-corrected chi connectivity index (χ3v) is 2.86. The molecule has 98 valence electrons. The van der Waals surface area contributed by atoms with Gasteiger partial charge < -0.3 is 4.74 Å². The van der Waals surface area contributed by atoms with Gasteiger partial charge in [0.25, 0.3) is 0 Å². The van der Waals surface area contributed by atoms with Gasteiger partial charge in [-0.3, -0.25) is 4.68 Å². The highest BCUT2D eigenvalue weighted by Gasteiger charge is 2.11. The third kappa shape index (κ3) is 2.60. The van der Waals surface area contributed by atoms with Crippen molar-refractivity contribution in [1.82, 2.24) is 9.78 Å². The van der Waals surface area contributed by atoms with E-state index >= 15 is 0 Å². The van der Waals surface area contributed by atoms with Crippen LogP contribution in [0.5, 0.6) is 5.75 Å². The molecule has 1 aromatic heterocycles. The first-order valence-corrected chi connectivity index (χ1v) is 6.38. The van der Waals surface area contributed by atoms with E-state index in [-0.39, 0.29) is 6.04 Å². The van der Waals surface area contributed by atoms with Crippen LogP contribution in [0.3, 0.4) is 0 Å². The Morgan fingerprint density at radius 3 is 2.79 bits per heavy atom. The predicted molar refractivity (Wildman–Crippen MR) is 73.9 cm³/mol. The molecule has 1 heterocycles. The molecule has 0 aliphatic heterocycles. The number of rotatable bonds is 4. The van der Waals surface area contributed by atoms with E-state index in [1.165, 1.54) is 0 Å². The molecule has 0 saturated carbocycles. The molecular formula is C15H17N3O. The Balaban J connectivity index is 2.46. The van der Waals surface area contributed by atoms with Gasteiger partial charge >= 0.3 is 0 Å². The summed E-state index contributed by atoms with van der Waals surface area (Å²) in [4.78, 5) is 0. The molecule has 4 heteroatoms. The monoisotopic (exact) mass is 255 g/mol. The van der Waals surface area contributed by atoms with Crippen molar-refractivity contribution in [3.05, 3.63) is 36.0 Å². The minimum Gasteiger partial charge on any atom is -0.492 e. The summed E-state index contributed by atoms with van der Waals surface area (Å²) >= 11 is 0. The van der Waals surface area contributed by atoms with E-state index in [0.29, 0.717) is 17.9 Å². The van der Waals surface area contributed by atoms with Crippen molar-refractivity contribution in [1.29, 1.82) is 5.26 Å². The van der Waals surface area contributed by atoms with Gasteiger partial charge in [0.15, 0.2) is 0 Å². The van der Waals surface area contributed by atoms with Gasteiger partial charge in [-0.25, -0.2) is 0 Å². The Bertz CT molecular complexity index is 608. The van der Waals surface area contributed by atoms with Crippen LogP contribution in [0.15, 0.2) is 30.5 Å². The lowest BCUT2D eigenvalue weighted by Gasteiger charge is -2.12. The van der Waals surface area contributed by atoms with Gasteiger partial charge in [-0.05, 0) is 45.0 Å². The van der Waals surface area contributed by atoms with Crippen LogP contribution in [0.1, 0.15) is 32.4 Å². The van der Waals surface area contributed by atoms with Crippen LogP contribution in [0, 0.1) is 11.3 Å². The summed E-state index contributed by atoms with van der Waals surface area (Å²) in [5.41, 5.74) is 2.54. The molecule has 0 bridgehead atoms.